The van der Waals surface area contributed by atoms with E-state index in [1.807, 2.05) is 27.7 Å². The molecule has 0 saturated carbocycles. The van der Waals surface area contributed by atoms with Gasteiger partial charge in [-0.25, -0.2) is 4.67 Å². The predicted molar refractivity (Wildman–Crippen MR) is 97.5 cm³/mol. The van der Waals surface area contributed by atoms with Crippen molar-refractivity contribution in [2.24, 2.45) is 0 Å². The van der Waals surface area contributed by atoms with E-state index < -0.39 is 13.5 Å². The molecule has 0 radical (unpaired) electrons. The zero-order chi connectivity index (χ0) is 19.2. The van der Waals surface area contributed by atoms with Gasteiger partial charge in [-0.3, -0.25) is 14.2 Å². The van der Waals surface area contributed by atoms with Crippen LogP contribution in [0.5, 0.6) is 0 Å². The van der Waals surface area contributed by atoms with Crippen molar-refractivity contribution in [1.82, 2.24) is 9.57 Å². The van der Waals surface area contributed by atoms with Crippen molar-refractivity contribution in [3.8, 4) is 0 Å². The molecular formula is C16H35N2O5P. The minimum Gasteiger partial charge on any atom is -0.481 e. The summed E-state index contributed by atoms with van der Waals surface area (Å²) in [5, 5.41) is 8.53. The van der Waals surface area contributed by atoms with E-state index in [-0.39, 0.29) is 18.7 Å². The van der Waals surface area contributed by atoms with Crippen LogP contribution in [-0.4, -0.2) is 66.0 Å². The molecule has 1 amide bonds. The molecule has 24 heavy (non-hydrogen) atoms. The molecule has 0 bridgehead atoms. The maximum Gasteiger partial charge on any atom is 0.303 e. The number of amides is 1. The molecule has 1 fully saturated rings. The first-order chi connectivity index (χ1) is 11.4. The van der Waals surface area contributed by atoms with Gasteiger partial charge >= 0.3 is 5.97 Å². The molecule has 1 aliphatic heterocycles. The fourth-order valence-corrected chi connectivity index (χ4v) is 3.73. The Morgan fingerprint density at radius 2 is 1.54 bits per heavy atom. The number of carbonyl (C=O) groups excluding carboxylic acids is 1. The second kappa shape index (κ2) is 14.4. The Morgan fingerprint density at radius 3 is 1.96 bits per heavy atom. The number of carbonyl (C=O) groups is 2. The Kier molecular flexibility index (Phi) is 15.2. The zero-order valence-corrected chi connectivity index (χ0v) is 17.0. The predicted octanol–water partition coefficient (Wildman–Crippen LogP) is 3.30. The van der Waals surface area contributed by atoms with Crippen molar-refractivity contribution in [3.63, 3.8) is 0 Å². The molecule has 8 heteroatoms. The van der Waals surface area contributed by atoms with Crippen molar-refractivity contribution in [1.29, 1.82) is 0 Å². The monoisotopic (exact) mass is 366 g/mol. The van der Waals surface area contributed by atoms with Gasteiger partial charge in [0.25, 0.3) is 7.52 Å². The van der Waals surface area contributed by atoms with E-state index in [2.05, 4.69) is 0 Å². The highest BCUT2D eigenvalue weighted by Gasteiger charge is 2.30. The maximum atomic E-state index is 12.2. The molecular weight excluding hydrogens is 331 g/mol. The lowest BCUT2D eigenvalue weighted by atomic mass is 10.2. The summed E-state index contributed by atoms with van der Waals surface area (Å²) in [4.78, 5) is 24.0. The minimum absolute atomic E-state index is 0.0141. The third-order valence-corrected chi connectivity index (χ3v) is 5.44. The van der Waals surface area contributed by atoms with Crippen LogP contribution >= 0.6 is 7.52 Å². The average Bonchev–Trinajstić information content (AvgIpc) is 2.58. The third-order valence-electron chi connectivity index (χ3n) is 3.27. The average molecular weight is 366 g/mol. The molecule has 1 N–H and O–H groups in total. The van der Waals surface area contributed by atoms with Crippen LogP contribution in [0.15, 0.2) is 0 Å². The summed E-state index contributed by atoms with van der Waals surface area (Å²) in [6.45, 7) is 13.9. The Labute approximate surface area is 146 Å². The Balaban J connectivity index is 0. The van der Waals surface area contributed by atoms with Crippen LogP contribution in [0.4, 0.5) is 0 Å². The van der Waals surface area contributed by atoms with Crippen LogP contribution in [0, 0.1) is 0 Å². The molecule has 0 aromatic heterocycles. The van der Waals surface area contributed by atoms with Gasteiger partial charge in [-0.05, 0) is 13.3 Å². The van der Waals surface area contributed by atoms with Crippen LogP contribution in [0.2, 0.25) is 0 Å². The summed E-state index contributed by atoms with van der Waals surface area (Å²) in [5.74, 6) is -0.917. The number of piperazine rings is 1. The van der Waals surface area contributed by atoms with Gasteiger partial charge in [-0.15, -0.1) is 0 Å². The van der Waals surface area contributed by atoms with Crippen molar-refractivity contribution in [2.45, 2.75) is 53.9 Å². The number of rotatable bonds is 7. The van der Waals surface area contributed by atoms with Crippen molar-refractivity contribution >= 4 is 19.4 Å². The van der Waals surface area contributed by atoms with Crippen LogP contribution < -0.4 is 0 Å². The summed E-state index contributed by atoms with van der Waals surface area (Å²) in [5.41, 5.74) is 0. The second-order valence-corrected chi connectivity index (χ2v) is 7.23. The fourth-order valence-electron chi connectivity index (χ4n) is 2.18. The number of hydrogen-bond acceptors (Lipinski definition) is 4. The van der Waals surface area contributed by atoms with E-state index in [1.165, 1.54) is 0 Å². The maximum absolute atomic E-state index is 12.2. The quantitative estimate of drug-likeness (QED) is 0.696. The van der Waals surface area contributed by atoms with Crippen LogP contribution in [0.3, 0.4) is 0 Å². The SMILES string of the molecule is CC.CC.CCOP(C)(=O)N1CCN(C(=O)CCCC(=O)O)CC1. The van der Waals surface area contributed by atoms with Gasteiger partial charge in [0.05, 0.1) is 6.61 Å². The molecule has 1 rings (SSSR count). The smallest absolute Gasteiger partial charge is 0.303 e. The van der Waals surface area contributed by atoms with Crippen LogP contribution in [-0.2, 0) is 18.7 Å². The Morgan fingerprint density at radius 1 is 1.04 bits per heavy atom. The van der Waals surface area contributed by atoms with E-state index in [0.717, 1.165) is 0 Å². The topological polar surface area (TPSA) is 87.2 Å². The lowest BCUT2D eigenvalue weighted by molar-refractivity contribution is -0.137. The molecule has 7 nitrogen and oxygen atoms in total. The first kappa shape index (κ1) is 25.3. The molecule has 0 spiro atoms. The van der Waals surface area contributed by atoms with Crippen LogP contribution in [0.1, 0.15) is 53.9 Å². The highest BCUT2D eigenvalue weighted by atomic mass is 31.2. The van der Waals surface area contributed by atoms with Gasteiger partial charge in [-0.2, -0.15) is 0 Å². The third kappa shape index (κ3) is 10.1. The van der Waals surface area contributed by atoms with E-state index in [1.54, 1.807) is 23.2 Å². The lowest BCUT2D eigenvalue weighted by Crippen LogP contribution is -2.47. The highest BCUT2D eigenvalue weighted by Crippen LogP contribution is 2.46. The number of carboxylic acids is 1. The molecule has 0 aromatic rings. The normalized spacial score (nSPS) is 16.8. The molecule has 1 unspecified atom stereocenters. The molecule has 0 aliphatic carbocycles. The number of aliphatic carboxylic acids is 1. The summed E-state index contributed by atoms with van der Waals surface area (Å²) < 4.78 is 19.3. The van der Waals surface area contributed by atoms with Crippen molar-refractivity contribution < 1.29 is 23.8 Å². The largest absolute Gasteiger partial charge is 0.481 e. The lowest BCUT2D eigenvalue weighted by Gasteiger charge is -2.37. The van der Waals surface area contributed by atoms with Gasteiger partial charge in [-0.1, -0.05) is 27.7 Å². The van der Waals surface area contributed by atoms with E-state index in [4.69, 9.17) is 9.63 Å². The molecule has 1 atom stereocenters. The van der Waals surface area contributed by atoms with Crippen molar-refractivity contribution in [3.05, 3.63) is 0 Å². The van der Waals surface area contributed by atoms with E-state index in [0.29, 0.717) is 39.2 Å². The molecule has 1 heterocycles. The standard InChI is InChI=1S/C12H23N2O5P.2C2H6/c1-3-19-20(2,18)14-9-7-13(8-10-14)11(15)5-4-6-12(16)17;2*1-2/h3-10H2,1-2H3,(H,16,17);2*1-2H3. The second-order valence-electron chi connectivity index (χ2n) is 4.80. The Hall–Kier alpha value is -0.910. The van der Waals surface area contributed by atoms with Crippen molar-refractivity contribution in [2.75, 3.05) is 39.5 Å². The number of carboxylic acid groups (broad SMARTS) is 1. The van der Waals surface area contributed by atoms with E-state index in [9.17, 15) is 14.2 Å². The molecule has 1 saturated heterocycles. The van der Waals surface area contributed by atoms with Gasteiger partial charge in [0.2, 0.25) is 5.91 Å². The summed E-state index contributed by atoms with van der Waals surface area (Å²) in [6.07, 6.45) is 0.626. The molecule has 1 aliphatic rings. The van der Waals surface area contributed by atoms with Gasteiger partial charge in [0, 0.05) is 45.7 Å². The van der Waals surface area contributed by atoms with Gasteiger partial charge in [0.1, 0.15) is 0 Å². The number of hydrogen-bond donors (Lipinski definition) is 1. The first-order valence-electron chi connectivity index (χ1n) is 8.84. The Bertz CT molecular complexity index is 396. The fraction of sp³-hybridized carbons (Fsp3) is 0.875. The summed E-state index contributed by atoms with van der Waals surface area (Å²) in [7, 11) is -2.74. The van der Waals surface area contributed by atoms with Crippen LogP contribution in [0.25, 0.3) is 0 Å². The summed E-state index contributed by atoms with van der Waals surface area (Å²) >= 11 is 0. The zero-order valence-electron chi connectivity index (χ0n) is 16.1. The van der Waals surface area contributed by atoms with Gasteiger partial charge in [0.15, 0.2) is 0 Å². The summed E-state index contributed by atoms with van der Waals surface area (Å²) in [6, 6.07) is 0. The minimum atomic E-state index is -2.74. The van der Waals surface area contributed by atoms with Gasteiger partial charge < -0.3 is 14.5 Å². The van der Waals surface area contributed by atoms with E-state index >= 15 is 0 Å². The first-order valence-corrected chi connectivity index (χ1v) is 10.9. The molecule has 144 valence electrons. The number of nitrogens with zero attached hydrogens (tertiary/aromatic N) is 2. The molecule has 0 aromatic carbocycles. The highest BCUT2D eigenvalue weighted by molar-refractivity contribution is 7.55.